The van der Waals surface area contributed by atoms with Crippen LogP contribution in [0.15, 0.2) is 0 Å². The molecule has 0 N–H and O–H groups in total. The lowest BCUT2D eigenvalue weighted by atomic mass is 10.2. The van der Waals surface area contributed by atoms with Gasteiger partial charge in [0.25, 0.3) is 0 Å². The lowest BCUT2D eigenvalue weighted by Gasteiger charge is -2.17. The molecule has 70 valence electrons. The number of hydrogen-bond acceptors (Lipinski definition) is 3. The monoisotopic (exact) mass is 189 g/mol. The second-order valence-corrected chi connectivity index (χ2v) is 5.94. The average molecular weight is 189 g/mol. The van der Waals surface area contributed by atoms with Gasteiger partial charge in [0.05, 0.1) is 11.3 Å². The molecule has 0 aliphatic rings. The third kappa shape index (κ3) is 2.21. The number of rotatable bonds is 3. The topological polar surface area (TPSA) is 57.9 Å². The van der Waals surface area contributed by atoms with Crippen LogP contribution >= 0.6 is 0 Å². The molecule has 0 heterocycles. The Balaban J connectivity index is 4.78. The van der Waals surface area contributed by atoms with Gasteiger partial charge in [0.15, 0.2) is 9.84 Å². The normalized spacial score (nSPS) is 17.0. The molecule has 12 heavy (non-hydrogen) atoms. The standard InChI is InChI=1S/C8H15NO2S/c1-6(2)8(4)12(10,11)7(3)5-9/h6-8H,1-4H3. The molecule has 0 bridgehead atoms. The molecule has 0 aromatic heterocycles. The zero-order valence-electron chi connectivity index (χ0n) is 7.90. The molecular weight excluding hydrogens is 174 g/mol. The molecule has 0 fully saturated rings. The van der Waals surface area contributed by atoms with Crippen LogP contribution in [0.3, 0.4) is 0 Å². The third-order valence-electron chi connectivity index (χ3n) is 2.13. The summed E-state index contributed by atoms with van der Waals surface area (Å²) in [6.07, 6.45) is 0. The number of hydrogen-bond donors (Lipinski definition) is 0. The number of sulfone groups is 1. The van der Waals surface area contributed by atoms with E-state index in [0.717, 1.165) is 0 Å². The van der Waals surface area contributed by atoms with Crippen molar-refractivity contribution in [2.75, 3.05) is 0 Å². The van der Waals surface area contributed by atoms with Crippen LogP contribution in [-0.4, -0.2) is 18.9 Å². The molecule has 0 aliphatic carbocycles. The first-order chi connectivity index (χ1) is 5.34. The van der Waals surface area contributed by atoms with Gasteiger partial charge in [-0.05, 0) is 19.8 Å². The van der Waals surface area contributed by atoms with E-state index >= 15 is 0 Å². The fraction of sp³-hybridized carbons (Fsp3) is 0.875. The van der Waals surface area contributed by atoms with Crippen LogP contribution in [-0.2, 0) is 9.84 Å². The smallest absolute Gasteiger partial charge is 0.169 e. The predicted octanol–water partition coefficient (Wildman–Crippen LogP) is 1.36. The van der Waals surface area contributed by atoms with Gasteiger partial charge in [-0.3, -0.25) is 0 Å². The maximum Gasteiger partial charge on any atom is 0.169 e. The van der Waals surface area contributed by atoms with E-state index in [-0.39, 0.29) is 5.92 Å². The minimum Gasteiger partial charge on any atom is -0.227 e. The second kappa shape index (κ2) is 3.90. The van der Waals surface area contributed by atoms with Crippen molar-refractivity contribution >= 4 is 9.84 Å². The highest BCUT2D eigenvalue weighted by atomic mass is 32.2. The van der Waals surface area contributed by atoms with E-state index < -0.39 is 20.3 Å². The van der Waals surface area contributed by atoms with E-state index in [1.165, 1.54) is 6.92 Å². The van der Waals surface area contributed by atoms with Crippen molar-refractivity contribution in [3.8, 4) is 6.07 Å². The Labute approximate surface area is 74.3 Å². The van der Waals surface area contributed by atoms with Crippen molar-refractivity contribution in [2.45, 2.75) is 38.2 Å². The average Bonchev–Trinajstić information content (AvgIpc) is 2.01. The van der Waals surface area contributed by atoms with Crippen LogP contribution in [0, 0.1) is 17.2 Å². The van der Waals surface area contributed by atoms with E-state index in [1.54, 1.807) is 13.0 Å². The van der Waals surface area contributed by atoms with Gasteiger partial charge in [-0.2, -0.15) is 5.26 Å². The first-order valence-electron chi connectivity index (χ1n) is 3.96. The third-order valence-corrected chi connectivity index (χ3v) is 4.80. The highest BCUT2D eigenvalue weighted by Gasteiger charge is 2.29. The highest BCUT2D eigenvalue weighted by Crippen LogP contribution is 2.16. The molecule has 0 radical (unpaired) electrons. The molecule has 3 nitrogen and oxygen atoms in total. The molecule has 0 aliphatic heterocycles. The summed E-state index contributed by atoms with van der Waals surface area (Å²) in [4.78, 5) is 0. The Morgan fingerprint density at radius 2 is 1.58 bits per heavy atom. The lowest BCUT2D eigenvalue weighted by Crippen LogP contribution is -2.30. The molecule has 0 spiro atoms. The van der Waals surface area contributed by atoms with E-state index in [1.807, 2.05) is 13.8 Å². The van der Waals surface area contributed by atoms with E-state index in [9.17, 15) is 8.42 Å². The first kappa shape index (κ1) is 11.4. The van der Waals surface area contributed by atoms with Crippen molar-refractivity contribution < 1.29 is 8.42 Å². The summed E-state index contributed by atoms with van der Waals surface area (Å²) in [5.41, 5.74) is 0. The molecular formula is C8H15NO2S. The Morgan fingerprint density at radius 3 is 1.83 bits per heavy atom. The van der Waals surface area contributed by atoms with Gasteiger partial charge in [0.2, 0.25) is 0 Å². The largest absolute Gasteiger partial charge is 0.227 e. The number of nitriles is 1. The van der Waals surface area contributed by atoms with Crippen LogP contribution in [0.4, 0.5) is 0 Å². The Morgan fingerprint density at radius 1 is 1.17 bits per heavy atom. The molecule has 4 heteroatoms. The molecule has 0 aromatic carbocycles. The molecule has 2 unspecified atom stereocenters. The van der Waals surface area contributed by atoms with Crippen molar-refractivity contribution in [3.63, 3.8) is 0 Å². The maximum absolute atomic E-state index is 11.5. The van der Waals surface area contributed by atoms with E-state index in [2.05, 4.69) is 0 Å². The Bertz CT molecular complexity index is 274. The Hall–Kier alpha value is -0.560. The molecule has 2 atom stereocenters. The fourth-order valence-corrected chi connectivity index (χ4v) is 2.32. The summed E-state index contributed by atoms with van der Waals surface area (Å²) in [5.74, 6) is 0.0609. The minimum atomic E-state index is -3.25. The lowest BCUT2D eigenvalue weighted by molar-refractivity contribution is 0.542. The van der Waals surface area contributed by atoms with Crippen LogP contribution in [0.5, 0.6) is 0 Å². The minimum absolute atomic E-state index is 0.0609. The van der Waals surface area contributed by atoms with Gasteiger partial charge < -0.3 is 0 Å². The van der Waals surface area contributed by atoms with Crippen LogP contribution < -0.4 is 0 Å². The molecule has 0 saturated heterocycles. The van der Waals surface area contributed by atoms with E-state index in [4.69, 9.17) is 5.26 Å². The summed E-state index contributed by atoms with van der Waals surface area (Å²) in [6.45, 7) is 6.75. The second-order valence-electron chi connectivity index (χ2n) is 3.31. The van der Waals surface area contributed by atoms with Crippen molar-refractivity contribution in [1.82, 2.24) is 0 Å². The van der Waals surface area contributed by atoms with Crippen LogP contribution in [0.2, 0.25) is 0 Å². The van der Waals surface area contributed by atoms with Gasteiger partial charge in [-0.25, -0.2) is 8.42 Å². The fourth-order valence-electron chi connectivity index (χ4n) is 0.775. The quantitative estimate of drug-likeness (QED) is 0.673. The van der Waals surface area contributed by atoms with Gasteiger partial charge in [-0.1, -0.05) is 13.8 Å². The van der Waals surface area contributed by atoms with Gasteiger partial charge >= 0.3 is 0 Å². The van der Waals surface area contributed by atoms with Crippen molar-refractivity contribution in [2.24, 2.45) is 5.92 Å². The summed E-state index contributed by atoms with van der Waals surface area (Å²) in [5, 5.41) is 7.14. The molecule has 0 aromatic rings. The van der Waals surface area contributed by atoms with E-state index in [0.29, 0.717) is 0 Å². The van der Waals surface area contributed by atoms with Gasteiger partial charge in [0.1, 0.15) is 5.25 Å². The predicted molar refractivity (Wildman–Crippen MR) is 48.3 cm³/mol. The summed E-state index contributed by atoms with van der Waals surface area (Å²) in [7, 11) is -3.25. The summed E-state index contributed by atoms with van der Waals surface area (Å²) in [6, 6.07) is 1.75. The molecule has 0 rings (SSSR count). The van der Waals surface area contributed by atoms with Gasteiger partial charge in [-0.15, -0.1) is 0 Å². The van der Waals surface area contributed by atoms with Crippen molar-refractivity contribution in [3.05, 3.63) is 0 Å². The van der Waals surface area contributed by atoms with Crippen LogP contribution in [0.1, 0.15) is 27.7 Å². The number of nitrogens with zero attached hydrogens (tertiary/aromatic N) is 1. The summed E-state index contributed by atoms with van der Waals surface area (Å²) < 4.78 is 23.0. The first-order valence-corrected chi connectivity index (χ1v) is 5.57. The highest BCUT2D eigenvalue weighted by molar-refractivity contribution is 7.92. The van der Waals surface area contributed by atoms with Gasteiger partial charge in [0, 0.05) is 0 Å². The van der Waals surface area contributed by atoms with Crippen molar-refractivity contribution in [1.29, 1.82) is 5.26 Å². The maximum atomic E-state index is 11.5. The molecule has 0 amide bonds. The SMILES string of the molecule is CC(C)C(C)S(=O)(=O)C(C)C#N. The zero-order chi connectivity index (χ0) is 9.94. The summed E-state index contributed by atoms with van der Waals surface area (Å²) >= 11 is 0. The zero-order valence-corrected chi connectivity index (χ0v) is 8.72. The van der Waals surface area contributed by atoms with Crippen LogP contribution in [0.25, 0.3) is 0 Å². The molecule has 0 saturated carbocycles. The Kier molecular flexibility index (Phi) is 3.72.